The molecular formula is C18H21NO. The van der Waals surface area contributed by atoms with E-state index in [1.807, 2.05) is 0 Å². The molecule has 0 spiro atoms. The van der Waals surface area contributed by atoms with Crippen LogP contribution in [0, 0.1) is 5.92 Å². The number of hydrogen-bond acceptors (Lipinski definition) is 2. The smallest absolute Gasteiger partial charge is 0.0951 e. The van der Waals surface area contributed by atoms with Gasteiger partial charge in [0, 0.05) is 6.04 Å². The lowest BCUT2D eigenvalue weighted by Crippen LogP contribution is -2.51. The highest BCUT2D eigenvalue weighted by Gasteiger charge is 2.38. The summed E-state index contributed by atoms with van der Waals surface area (Å²) < 4.78 is 0. The second-order valence-electron chi connectivity index (χ2n) is 6.30. The molecule has 2 nitrogen and oxygen atoms in total. The fraction of sp³-hybridized carbons (Fsp3) is 0.444. The molecule has 0 aromatic heterocycles. The zero-order valence-corrected chi connectivity index (χ0v) is 11.7. The topological polar surface area (TPSA) is 23.5 Å². The highest BCUT2D eigenvalue weighted by Crippen LogP contribution is 2.39. The van der Waals surface area contributed by atoms with Crippen molar-refractivity contribution in [3.63, 3.8) is 0 Å². The molecule has 3 aliphatic heterocycles. The van der Waals surface area contributed by atoms with Crippen LogP contribution < -0.4 is 0 Å². The van der Waals surface area contributed by atoms with E-state index in [-0.39, 0.29) is 6.10 Å². The molecule has 5 rings (SSSR count). The van der Waals surface area contributed by atoms with Gasteiger partial charge in [0.15, 0.2) is 0 Å². The van der Waals surface area contributed by atoms with Gasteiger partial charge in [0.2, 0.25) is 0 Å². The van der Waals surface area contributed by atoms with Crippen LogP contribution in [-0.4, -0.2) is 29.1 Å². The molecule has 3 heterocycles. The molecule has 2 heteroatoms. The molecule has 104 valence electrons. The van der Waals surface area contributed by atoms with E-state index in [2.05, 4.69) is 47.4 Å². The first-order valence-corrected chi connectivity index (χ1v) is 7.73. The summed E-state index contributed by atoms with van der Waals surface area (Å²) in [5.74, 6) is 0.828. The Morgan fingerprint density at radius 3 is 2.50 bits per heavy atom. The van der Waals surface area contributed by atoms with Gasteiger partial charge in [-0.1, -0.05) is 42.5 Å². The Morgan fingerprint density at radius 2 is 1.75 bits per heavy atom. The maximum Gasteiger partial charge on any atom is 0.0951 e. The molecule has 2 atom stereocenters. The SMILES string of the molecule is O[C@@H](c1cccc2ccccc12)[C@H]1CC2CCN1CC2. The number of fused-ring (bicyclic) bond motifs is 4. The van der Waals surface area contributed by atoms with Gasteiger partial charge >= 0.3 is 0 Å². The lowest BCUT2D eigenvalue weighted by Gasteiger charge is -2.47. The van der Waals surface area contributed by atoms with Crippen LogP contribution in [0.1, 0.15) is 30.9 Å². The van der Waals surface area contributed by atoms with E-state index in [0.717, 1.165) is 31.0 Å². The molecule has 20 heavy (non-hydrogen) atoms. The number of nitrogens with zero attached hydrogens (tertiary/aromatic N) is 1. The summed E-state index contributed by atoms with van der Waals surface area (Å²) in [6.45, 7) is 2.33. The first kappa shape index (κ1) is 12.4. The molecule has 0 aliphatic carbocycles. The Bertz CT molecular complexity index is 610. The molecule has 2 aromatic carbocycles. The third-order valence-corrected chi connectivity index (χ3v) is 5.20. The molecule has 0 radical (unpaired) electrons. The van der Waals surface area contributed by atoms with E-state index in [1.54, 1.807) is 0 Å². The Balaban J connectivity index is 1.72. The van der Waals surface area contributed by atoms with E-state index in [0.29, 0.717) is 6.04 Å². The number of hydrogen-bond donors (Lipinski definition) is 1. The normalized spacial score (nSPS) is 30.6. The van der Waals surface area contributed by atoms with Gasteiger partial charge in [-0.3, -0.25) is 4.90 Å². The summed E-state index contributed by atoms with van der Waals surface area (Å²) in [4.78, 5) is 2.49. The summed E-state index contributed by atoms with van der Waals surface area (Å²) >= 11 is 0. The van der Waals surface area contributed by atoms with E-state index < -0.39 is 0 Å². The van der Waals surface area contributed by atoms with Crippen molar-refractivity contribution in [2.75, 3.05) is 13.1 Å². The van der Waals surface area contributed by atoms with E-state index in [9.17, 15) is 5.11 Å². The van der Waals surface area contributed by atoms with Gasteiger partial charge in [0.05, 0.1) is 6.10 Å². The molecule has 2 aromatic rings. The Hall–Kier alpha value is -1.38. The minimum Gasteiger partial charge on any atom is -0.387 e. The fourth-order valence-electron chi connectivity index (χ4n) is 4.06. The van der Waals surface area contributed by atoms with Crippen LogP contribution in [0.3, 0.4) is 0 Å². The molecule has 3 aliphatic rings. The summed E-state index contributed by atoms with van der Waals surface area (Å²) in [6.07, 6.45) is 3.44. The van der Waals surface area contributed by atoms with Crippen molar-refractivity contribution in [3.8, 4) is 0 Å². The highest BCUT2D eigenvalue weighted by molar-refractivity contribution is 5.86. The van der Waals surface area contributed by atoms with Crippen LogP contribution in [-0.2, 0) is 0 Å². The van der Waals surface area contributed by atoms with Crippen LogP contribution >= 0.6 is 0 Å². The average Bonchev–Trinajstić information content (AvgIpc) is 2.54. The first-order chi connectivity index (χ1) is 9.83. The minimum atomic E-state index is -0.357. The quantitative estimate of drug-likeness (QED) is 0.902. The van der Waals surface area contributed by atoms with Gasteiger partial charge in [-0.25, -0.2) is 0 Å². The van der Waals surface area contributed by atoms with Crippen LogP contribution in [0.15, 0.2) is 42.5 Å². The van der Waals surface area contributed by atoms with E-state index in [4.69, 9.17) is 0 Å². The van der Waals surface area contributed by atoms with Crippen molar-refractivity contribution in [1.82, 2.24) is 4.90 Å². The Kier molecular flexibility index (Phi) is 3.01. The van der Waals surface area contributed by atoms with Gasteiger partial charge in [-0.15, -0.1) is 0 Å². The number of rotatable bonds is 2. The molecule has 0 amide bonds. The second-order valence-corrected chi connectivity index (χ2v) is 6.30. The first-order valence-electron chi connectivity index (χ1n) is 7.73. The molecule has 1 N–H and O–H groups in total. The van der Waals surface area contributed by atoms with Gasteiger partial charge in [0.1, 0.15) is 0 Å². The van der Waals surface area contributed by atoms with Gasteiger partial charge in [-0.2, -0.15) is 0 Å². The predicted molar refractivity (Wildman–Crippen MR) is 81.6 cm³/mol. The number of aliphatic hydroxyl groups excluding tert-OH is 1. The van der Waals surface area contributed by atoms with Crippen molar-refractivity contribution >= 4 is 10.8 Å². The number of benzene rings is 2. The van der Waals surface area contributed by atoms with Crippen molar-refractivity contribution < 1.29 is 5.11 Å². The number of aliphatic hydroxyl groups is 1. The van der Waals surface area contributed by atoms with E-state index >= 15 is 0 Å². The lowest BCUT2D eigenvalue weighted by molar-refractivity contribution is -0.0263. The average molecular weight is 267 g/mol. The van der Waals surface area contributed by atoms with Crippen molar-refractivity contribution in [2.24, 2.45) is 5.92 Å². The standard InChI is InChI=1S/C18H21NO/c20-18(17-12-13-8-10-19(17)11-9-13)16-7-3-5-14-4-1-2-6-15(14)16/h1-7,13,17-18,20H,8-12H2/t17-,18+/m1/s1. The van der Waals surface area contributed by atoms with Crippen LogP contribution in [0.5, 0.6) is 0 Å². The Morgan fingerprint density at radius 1 is 1.00 bits per heavy atom. The monoisotopic (exact) mass is 267 g/mol. The van der Waals surface area contributed by atoms with Gasteiger partial charge in [-0.05, 0) is 54.6 Å². The maximum atomic E-state index is 10.9. The van der Waals surface area contributed by atoms with E-state index in [1.165, 1.54) is 23.6 Å². The van der Waals surface area contributed by atoms with Crippen molar-refractivity contribution in [2.45, 2.75) is 31.4 Å². The summed E-state index contributed by atoms with van der Waals surface area (Å²) in [6, 6.07) is 15.0. The molecular weight excluding hydrogens is 246 g/mol. The third kappa shape index (κ3) is 1.95. The van der Waals surface area contributed by atoms with Crippen molar-refractivity contribution in [1.29, 1.82) is 0 Å². The zero-order valence-electron chi connectivity index (χ0n) is 11.7. The van der Waals surface area contributed by atoms with Gasteiger partial charge < -0.3 is 5.11 Å². The molecule has 3 fully saturated rings. The predicted octanol–water partition coefficient (Wildman–Crippen LogP) is 3.36. The molecule has 0 saturated carbocycles. The zero-order chi connectivity index (χ0) is 13.5. The highest BCUT2D eigenvalue weighted by atomic mass is 16.3. The van der Waals surface area contributed by atoms with Crippen LogP contribution in [0.4, 0.5) is 0 Å². The number of piperidine rings is 3. The largest absolute Gasteiger partial charge is 0.387 e. The summed E-state index contributed by atoms with van der Waals surface area (Å²) in [5.41, 5.74) is 1.10. The Labute approximate surface area is 120 Å². The van der Waals surface area contributed by atoms with Gasteiger partial charge in [0.25, 0.3) is 0 Å². The van der Waals surface area contributed by atoms with Crippen molar-refractivity contribution in [3.05, 3.63) is 48.0 Å². The summed E-state index contributed by atoms with van der Waals surface area (Å²) in [7, 11) is 0. The molecule has 2 bridgehead atoms. The summed E-state index contributed by atoms with van der Waals surface area (Å²) in [5, 5.41) is 13.3. The molecule has 3 saturated heterocycles. The molecule has 0 unspecified atom stereocenters. The lowest BCUT2D eigenvalue weighted by atomic mass is 9.79. The third-order valence-electron chi connectivity index (χ3n) is 5.20. The van der Waals surface area contributed by atoms with Crippen LogP contribution in [0.25, 0.3) is 10.8 Å². The van der Waals surface area contributed by atoms with Crippen LogP contribution in [0.2, 0.25) is 0 Å². The maximum absolute atomic E-state index is 10.9. The minimum absolute atomic E-state index is 0.313. The fourth-order valence-corrected chi connectivity index (χ4v) is 4.06. The second kappa shape index (κ2) is 4.87.